The molecule has 2 aromatic heterocycles. The highest BCUT2D eigenvalue weighted by Crippen LogP contribution is 2.33. The summed E-state index contributed by atoms with van der Waals surface area (Å²) >= 11 is 0. The molecule has 1 aromatic carbocycles. The average Bonchev–Trinajstić information content (AvgIpc) is 3.02. The van der Waals surface area contributed by atoms with Crippen LogP contribution < -0.4 is 5.56 Å². The molecule has 26 heavy (non-hydrogen) atoms. The Morgan fingerprint density at radius 3 is 2.58 bits per heavy atom. The Hall–Kier alpha value is -2.97. The summed E-state index contributed by atoms with van der Waals surface area (Å²) in [5.41, 5.74) is -0.688. The number of aromatic amines is 1. The highest BCUT2D eigenvalue weighted by atomic mass is 19.4. The van der Waals surface area contributed by atoms with Crippen LogP contribution in [0.3, 0.4) is 0 Å². The molecule has 0 aliphatic carbocycles. The molecular formula is C17H14F4N4O. The average molecular weight is 366 g/mol. The van der Waals surface area contributed by atoms with Crippen LogP contribution in [0.1, 0.15) is 35.4 Å². The van der Waals surface area contributed by atoms with E-state index in [1.165, 1.54) is 16.9 Å². The third kappa shape index (κ3) is 3.51. The van der Waals surface area contributed by atoms with Crippen molar-refractivity contribution >= 4 is 0 Å². The van der Waals surface area contributed by atoms with Gasteiger partial charge in [0.05, 0.1) is 11.8 Å². The number of alkyl halides is 3. The molecule has 3 aromatic rings. The third-order valence-electron chi connectivity index (χ3n) is 3.98. The van der Waals surface area contributed by atoms with Crippen LogP contribution in [-0.4, -0.2) is 19.7 Å². The normalized spacial score (nSPS) is 13.0. The number of rotatable bonds is 3. The van der Waals surface area contributed by atoms with E-state index in [1.54, 1.807) is 20.0 Å². The lowest BCUT2D eigenvalue weighted by Gasteiger charge is -2.13. The van der Waals surface area contributed by atoms with Gasteiger partial charge < -0.3 is 4.98 Å². The Kier molecular flexibility index (Phi) is 4.39. The zero-order valence-corrected chi connectivity index (χ0v) is 13.8. The molecule has 0 spiro atoms. The number of aromatic nitrogens is 4. The summed E-state index contributed by atoms with van der Waals surface area (Å²) in [6.45, 7) is 3.28. The molecule has 0 bridgehead atoms. The van der Waals surface area contributed by atoms with Crippen LogP contribution in [0.5, 0.6) is 0 Å². The van der Waals surface area contributed by atoms with Gasteiger partial charge in [-0.2, -0.15) is 18.3 Å². The van der Waals surface area contributed by atoms with Crippen LogP contribution >= 0.6 is 0 Å². The fourth-order valence-corrected chi connectivity index (χ4v) is 2.60. The Morgan fingerprint density at radius 2 is 1.96 bits per heavy atom. The highest BCUT2D eigenvalue weighted by molar-refractivity contribution is 5.35. The van der Waals surface area contributed by atoms with E-state index < -0.39 is 23.5 Å². The zero-order valence-electron chi connectivity index (χ0n) is 13.8. The van der Waals surface area contributed by atoms with Gasteiger partial charge in [0.2, 0.25) is 0 Å². The fraction of sp³-hybridized carbons (Fsp3) is 0.235. The summed E-state index contributed by atoms with van der Waals surface area (Å²) in [5.74, 6) is -0.775. The molecule has 0 amide bonds. The van der Waals surface area contributed by atoms with Crippen molar-refractivity contribution in [1.29, 1.82) is 0 Å². The second kappa shape index (κ2) is 6.40. The molecular weight excluding hydrogens is 352 g/mol. The first kappa shape index (κ1) is 17.8. The van der Waals surface area contributed by atoms with E-state index in [2.05, 4.69) is 15.1 Å². The van der Waals surface area contributed by atoms with Gasteiger partial charge in [-0.25, -0.2) is 14.1 Å². The molecule has 2 heterocycles. The van der Waals surface area contributed by atoms with Crippen molar-refractivity contribution in [3.8, 4) is 5.82 Å². The first-order chi connectivity index (χ1) is 12.1. The van der Waals surface area contributed by atoms with Gasteiger partial charge in [0.15, 0.2) is 5.82 Å². The van der Waals surface area contributed by atoms with Crippen molar-refractivity contribution in [2.24, 2.45) is 0 Å². The van der Waals surface area contributed by atoms with Crippen molar-refractivity contribution in [2.75, 3.05) is 0 Å². The molecule has 0 fully saturated rings. The maximum atomic E-state index is 14.2. The first-order valence-electron chi connectivity index (χ1n) is 7.64. The second-order valence-electron chi connectivity index (χ2n) is 5.86. The van der Waals surface area contributed by atoms with E-state index in [4.69, 9.17) is 0 Å². The molecule has 9 heteroatoms. The largest absolute Gasteiger partial charge is 0.416 e. The minimum atomic E-state index is -4.60. The van der Waals surface area contributed by atoms with Gasteiger partial charge in [0.1, 0.15) is 11.6 Å². The number of nitrogens with one attached hydrogen (secondary N) is 1. The van der Waals surface area contributed by atoms with Gasteiger partial charge in [-0.3, -0.25) is 4.79 Å². The van der Waals surface area contributed by atoms with Crippen LogP contribution in [-0.2, 0) is 6.18 Å². The summed E-state index contributed by atoms with van der Waals surface area (Å²) in [6.07, 6.45) is -1.58. The van der Waals surface area contributed by atoms with E-state index in [-0.39, 0.29) is 16.9 Å². The van der Waals surface area contributed by atoms with Crippen LogP contribution in [0, 0.1) is 12.7 Å². The summed E-state index contributed by atoms with van der Waals surface area (Å²) in [4.78, 5) is 18.2. The quantitative estimate of drug-likeness (QED) is 0.721. The summed E-state index contributed by atoms with van der Waals surface area (Å²) in [5, 5.41) is 4.10. The van der Waals surface area contributed by atoms with Crippen molar-refractivity contribution in [2.45, 2.75) is 25.9 Å². The lowest BCUT2D eigenvalue weighted by molar-refractivity contribution is -0.137. The second-order valence-corrected chi connectivity index (χ2v) is 5.86. The molecule has 0 saturated carbocycles. The van der Waals surface area contributed by atoms with E-state index in [1.807, 2.05) is 0 Å². The minimum absolute atomic E-state index is 0.118. The summed E-state index contributed by atoms with van der Waals surface area (Å²) in [6, 6.07) is 3.71. The molecule has 3 rings (SSSR count). The number of benzene rings is 1. The SMILES string of the molecule is Cc1nc(-n2cc([C@H](C)c3ccc(C(F)(F)F)cc3F)cn2)cc(=O)[nH]1. The molecule has 0 aliphatic heterocycles. The van der Waals surface area contributed by atoms with E-state index in [0.29, 0.717) is 17.5 Å². The Morgan fingerprint density at radius 1 is 1.23 bits per heavy atom. The van der Waals surface area contributed by atoms with Gasteiger partial charge in [-0.05, 0) is 30.2 Å². The molecule has 1 N–H and O–H groups in total. The third-order valence-corrected chi connectivity index (χ3v) is 3.98. The summed E-state index contributed by atoms with van der Waals surface area (Å²) in [7, 11) is 0. The van der Waals surface area contributed by atoms with Crippen LogP contribution in [0.15, 0.2) is 41.5 Å². The first-order valence-corrected chi connectivity index (χ1v) is 7.64. The number of aryl methyl sites for hydroxylation is 1. The van der Waals surface area contributed by atoms with Crippen LogP contribution in [0.25, 0.3) is 5.82 Å². The maximum absolute atomic E-state index is 14.2. The number of hydrogen-bond acceptors (Lipinski definition) is 3. The van der Waals surface area contributed by atoms with Crippen molar-refractivity contribution < 1.29 is 17.6 Å². The summed E-state index contributed by atoms with van der Waals surface area (Å²) < 4.78 is 53.5. The van der Waals surface area contributed by atoms with E-state index >= 15 is 0 Å². The van der Waals surface area contributed by atoms with E-state index in [0.717, 1.165) is 12.1 Å². The molecule has 136 valence electrons. The van der Waals surface area contributed by atoms with Crippen LogP contribution in [0.4, 0.5) is 17.6 Å². The van der Waals surface area contributed by atoms with Crippen molar-refractivity contribution in [1.82, 2.24) is 19.7 Å². The molecule has 0 unspecified atom stereocenters. The minimum Gasteiger partial charge on any atom is -0.311 e. The van der Waals surface area contributed by atoms with Gasteiger partial charge in [-0.15, -0.1) is 0 Å². The highest BCUT2D eigenvalue weighted by Gasteiger charge is 2.31. The molecule has 5 nitrogen and oxygen atoms in total. The topological polar surface area (TPSA) is 63.6 Å². The van der Waals surface area contributed by atoms with Crippen molar-refractivity contribution in [3.05, 3.63) is 75.3 Å². The zero-order chi connectivity index (χ0) is 19.1. The van der Waals surface area contributed by atoms with Gasteiger partial charge in [0, 0.05) is 18.2 Å². The number of H-pyrrole nitrogens is 1. The van der Waals surface area contributed by atoms with Gasteiger partial charge in [-0.1, -0.05) is 13.0 Å². The Bertz CT molecular complexity index is 1010. The predicted octanol–water partition coefficient (Wildman–Crippen LogP) is 3.57. The standard InChI is InChI=1S/C17H14F4N4O/c1-9(13-4-3-12(5-14(13)18)17(19,20)21)11-7-22-25(8-11)15-6-16(26)24-10(2)23-15/h3-9H,1-2H3,(H,23,24,26)/t9-/m0/s1. The van der Waals surface area contributed by atoms with E-state index in [9.17, 15) is 22.4 Å². The lowest BCUT2D eigenvalue weighted by Crippen LogP contribution is -2.12. The Labute approximate surface area is 145 Å². The van der Waals surface area contributed by atoms with Gasteiger partial charge in [0.25, 0.3) is 5.56 Å². The van der Waals surface area contributed by atoms with Gasteiger partial charge >= 0.3 is 6.18 Å². The number of nitrogens with zero attached hydrogens (tertiary/aromatic N) is 3. The Balaban J connectivity index is 1.93. The monoisotopic (exact) mass is 366 g/mol. The lowest BCUT2D eigenvalue weighted by atomic mass is 9.94. The smallest absolute Gasteiger partial charge is 0.311 e. The molecule has 0 saturated heterocycles. The number of halogens is 4. The fourth-order valence-electron chi connectivity index (χ4n) is 2.60. The molecule has 0 aliphatic rings. The van der Waals surface area contributed by atoms with Crippen LogP contribution in [0.2, 0.25) is 0 Å². The molecule has 0 radical (unpaired) electrons. The number of hydrogen-bond donors (Lipinski definition) is 1. The predicted molar refractivity (Wildman–Crippen MR) is 85.6 cm³/mol. The van der Waals surface area contributed by atoms with Crippen molar-refractivity contribution in [3.63, 3.8) is 0 Å². The molecule has 1 atom stereocenters. The maximum Gasteiger partial charge on any atom is 0.416 e.